The SMILES string of the molecule is O=C(Cc1cccs1)N1CCOC(c2nnn3cc(-c4ccncc4)ccc23)C1. The lowest BCUT2D eigenvalue weighted by Gasteiger charge is -2.32. The van der Waals surface area contributed by atoms with Crippen LogP contribution in [0.2, 0.25) is 0 Å². The van der Waals surface area contributed by atoms with E-state index in [1.165, 1.54) is 0 Å². The van der Waals surface area contributed by atoms with Gasteiger partial charge in [-0.2, -0.15) is 0 Å². The zero-order chi connectivity index (χ0) is 19.6. The summed E-state index contributed by atoms with van der Waals surface area (Å²) in [6, 6.07) is 11.9. The van der Waals surface area contributed by atoms with Gasteiger partial charge in [0.05, 0.1) is 25.1 Å². The van der Waals surface area contributed by atoms with Crippen LogP contribution in [0.5, 0.6) is 0 Å². The van der Waals surface area contributed by atoms with Crippen molar-refractivity contribution in [2.24, 2.45) is 0 Å². The van der Waals surface area contributed by atoms with Crippen LogP contribution in [0.4, 0.5) is 0 Å². The molecule has 7 nitrogen and oxygen atoms in total. The van der Waals surface area contributed by atoms with Gasteiger partial charge in [0.1, 0.15) is 11.8 Å². The number of carbonyl (C=O) groups excluding carboxylic acids is 1. The molecular weight excluding hydrogens is 386 g/mol. The predicted molar refractivity (Wildman–Crippen MR) is 110 cm³/mol. The monoisotopic (exact) mass is 405 g/mol. The highest BCUT2D eigenvalue weighted by Gasteiger charge is 2.28. The van der Waals surface area contributed by atoms with E-state index in [1.54, 1.807) is 28.2 Å². The fraction of sp³-hybridized carbons (Fsp3) is 0.238. The van der Waals surface area contributed by atoms with E-state index in [2.05, 4.69) is 15.3 Å². The van der Waals surface area contributed by atoms with Crippen LogP contribution in [-0.2, 0) is 16.0 Å². The zero-order valence-electron chi connectivity index (χ0n) is 15.6. The number of ether oxygens (including phenoxy) is 1. The smallest absolute Gasteiger partial charge is 0.228 e. The standard InChI is InChI=1S/C21H19N5O2S/c27-20(12-17-2-1-11-29-17)25-9-10-28-19(14-25)21-18-4-3-16(13-26(18)24-23-21)15-5-7-22-8-6-15/h1-8,11,13,19H,9-10,12,14H2. The molecule has 4 aromatic rings. The van der Waals surface area contributed by atoms with Crippen LogP contribution >= 0.6 is 11.3 Å². The van der Waals surface area contributed by atoms with Crippen molar-refractivity contribution in [1.82, 2.24) is 24.7 Å². The summed E-state index contributed by atoms with van der Waals surface area (Å²) < 4.78 is 7.71. The van der Waals surface area contributed by atoms with Gasteiger partial charge in [-0.05, 0) is 35.2 Å². The van der Waals surface area contributed by atoms with Crippen LogP contribution in [0.3, 0.4) is 0 Å². The molecule has 4 aromatic heterocycles. The highest BCUT2D eigenvalue weighted by molar-refractivity contribution is 7.10. The van der Waals surface area contributed by atoms with Crippen LogP contribution < -0.4 is 0 Å². The van der Waals surface area contributed by atoms with E-state index in [-0.39, 0.29) is 12.0 Å². The number of hydrogen-bond donors (Lipinski definition) is 0. The van der Waals surface area contributed by atoms with Crippen molar-refractivity contribution in [3.05, 3.63) is 70.9 Å². The Morgan fingerprint density at radius 1 is 1.17 bits per heavy atom. The van der Waals surface area contributed by atoms with Gasteiger partial charge in [-0.1, -0.05) is 17.3 Å². The van der Waals surface area contributed by atoms with Gasteiger partial charge in [0.2, 0.25) is 5.91 Å². The summed E-state index contributed by atoms with van der Waals surface area (Å²) in [5.74, 6) is 0.122. The summed E-state index contributed by atoms with van der Waals surface area (Å²) in [5.41, 5.74) is 3.76. The Morgan fingerprint density at radius 2 is 2.07 bits per heavy atom. The molecule has 1 fully saturated rings. The number of amides is 1. The van der Waals surface area contributed by atoms with Crippen molar-refractivity contribution >= 4 is 22.8 Å². The average molecular weight is 405 g/mol. The van der Waals surface area contributed by atoms with Crippen molar-refractivity contribution in [2.45, 2.75) is 12.5 Å². The summed E-state index contributed by atoms with van der Waals surface area (Å²) in [5, 5.41) is 10.6. The van der Waals surface area contributed by atoms with Gasteiger partial charge in [0, 0.05) is 35.6 Å². The van der Waals surface area contributed by atoms with Crippen molar-refractivity contribution in [1.29, 1.82) is 0 Å². The lowest BCUT2D eigenvalue weighted by molar-refractivity contribution is -0.138. The van der Waals surface area contributed by atoms with Crippen LogP contribution in [0, 0.1) is 0 Å². The molecule has 0 aliphatic carbocycles. The van der Waals surface area contributed by atoms with Crippen molar-refractivity contribution in [2.75, 3.05) is 19.7 Å². The van der Waals surface area contributed by atoms with Gasteiger partial charge < -0.3 is 9.64 Å². The number of pyridine rings is 2. The van der Waals surface area contributed by atoms with Gasteiger partial charge in [0.15, 0.2) is 0 Å². The highest BCUT2D eigenvalue weighted by Crippen LogP contribution is 2.27. The Morgan fingerprint density at radius 3 is 2.90 bits per heavy atom. The molecule has 1 saturated heterocycles. The molecule has 1 aliphatic heterocycles. The average Bonchev–Trinajstić information content (AvgIpc) is 3.43. The summed E-state index contributed by atoms with van der Waals surface area (Å²) in [4.78, 5) is 19.7. The Kier molecular flexibility index (Phi) is 4.79. The molecule has 1 aliphatic rings. The molecule has 0 spiro atoms. The lowest BCUT2D eigenvalue weighted by atomic mass is 10.1. The van der Waals surface area contributed by atoms with Gasteiger partial charge in [0.25, 0.3) is 0 Å². The number of aromatic nitrogens is 4. The first-order valence-corrected chi connectivity index (χ1v) is 10.3. The molecular formula is C21H19N5O2S. The third-order valence-electron chi connectivity index (χ3n) is 5.08. The van der Waals surface area contributed by atoms with Crippen LogP contribution in [0.15, 0.2) is 60.4 Å². The Labute approximate surface area is 171 Å². The number of rotatable bonds is 4. The second-order valence-corrected chi connectivity index (χ2v) is 7.95. The zero-order valence-corrected chi connectivity index (χ0v) is 16.5. The molecule has 5 heterocycles. The van der Waals surface area contributed by atoms with Crippen molar-refractivity contribution in [3.8, 4) is 11.1 Å². The van der Waals surface area contributed by atoms with E-state index >= 15 is 0 Å². The van der Waals surface area contributed by atoms with Crippen LogP contribution in [0.25, 0.3) is 16.6 Å². The molecule has 0 radical (unpaired) electrons. The molecule has 1 unspecified atom stereocenters. The van der Waals surface area contributed by atoms with E-state index < -0.39 is 0 Å². The predicted octanol–water partition coefficient (Wildman–Crippen LogP) is 3.00. The largest absolute Gasteiger partial charge is 0.368 e. The Bertz CT molecular complexity index is 1130. The summed E-state index contributed by atoms with van der Waals surface area (Å²) in [6.45, 7) is 1.59. The number of hydrogen-bond acceptors (Lipinski definition) is 6. The minimum absolute atomic E-state index is 0.122. The summed E-state index contributed by atoms with van der Waals surface area (Å²) in [6.07, 6.45) is 5.64. The number of morpholine rings is 1. The first-order valence-electron chi connectivity index (χ1n) is 9.45. The molecule has 0 aromatic carbocycles. The maximum Gasteiger partial charge on any atom is 0.228 e. The van der Waals surface area contributed by atoms with Crippen LogP contribution in [-0.4, -0.2) is 50.3 Å². The van der Waals surface area contributed by atoms with Gasteiger partial charge in [-0.15, -0.1) is 16.4 Å². The Hall–Kier alpha value is -3.10. The third kappa shape index (κ3) is 3.64. The number of thiophene rings is 1. The quantitative estimate of drug-likeness (QED) is 0.522. The van der Waals surface area contributed by atoms with E-state index in [0.717, 1.165) is 27.2 Å². The van der Waals surface area contributed by atoms with Gasteiger partial charge in [-0.25, -0.2) is 4.52 Å². The fourth-order valence-corrected chi connectivity index (χ4v) is 4.27. The second-order valence-electron chi connectivity index (χ2n) is 6.91. The third-order valence-corrected chi connectivity index (χ3v) is 5.96. The summed E-state index contributed by atoms with van der Waals surface area (Å²) in [7, 11) is 0. The van der Waals surface area contributed by atoms with Gasteiger partial charge >= 0.3 is 0 Å². The molecule has 8 heteroatoms. The first-order chi connectivity index (χ1) is 14.3. The summed E-state index contributed by atoms with van der Waals surface area (Å²) >= 11 is 1.61. The minimum Gasteiger partial charge on any atom is -0.368 e. The minimum atomic E-state index is -0.277. The highest BCUT2D eigenvalue weighted by atomic mass is 32.1. The molecule has 146 valence electrons. The molecule has 1 atom stereocenters. The van der Waals surface area contributed by atoms with E-state index in [0.29, 0.717) is 26.1 Å². The molecule has 0 bridgehead atoms. The molecule has 29 heavy (non-hydrogen) atoms. The molecule has 5 rings (SSSR count). The van der Waals surface area contributed by atoms with E-state index in [1.807, 2.05) is 52.9 Å². The molecule has 1 amide bonds. The van der Waals surface area contributed by atoms with E-state index in [9.17, 15) is 4.79 Å². The normalized spacial score (nSPS) is 17.0. The van der Waals surface area contributed by atoms with Crippen LogP contribution in [0.1, 0.15) is 16.7 Å². The first kappa shape index (κ1) is 18.0. The van der Waals surface area contributed by atoms with Crippen molar-refractivity contribution in [3.63, 3.8) is 0 Å². The number of nitrogens with zero attached hydrogens (tertiary/aromatic N) is 5. The van der Waals surface area contributed by atoms with Gasteiger partial charge in [-0.3, -0.25) is 9.78 Å². The number of fused-ring (bicyclic) bond motifs is 1. The topological polar surface area (TPSA) is 72.6 Å². The van der Waals surface area contributed by atoms with E-state index in [4.69, 9.17) is 4.74 Å². The maximum absolute atomic E-state index is 12.7. The Balaban J connectivity index is 1.36. The molecule has 0 N–H and O–H groups in total. The number of carbonyl (C=O) groups is 1. The molecule has 0 saturated carbocycles. The lowest BCUT2D eigenvalue weighted by Crippen LogP contribution is -2.43. The van der Waals surface area contributed by atoms with Crippen molar-refractivity contribution < 1.29 is 9.53 Å². The fourth-order valence-electron chi connectivity index (χ4n) is 3.57. The maximum atomic E-state index is 12.7. The second kappa shape index (κ2) is 7.73.